The third kappa shape index (κ3) is 2.83. The third-order valence-corrected chi connectivity index (χ3v) is 3.02. The van der Waals surface area contributed by atoms with E-state index in [9.17, 15) is 4.79 Å². The Hall–Kier alpha value is -3.09. The molecule has 3 aromatic rings. The van der Waals surface area contributed by atoms with Crippen molar-refractivity contribution in [2.24, 2.45) is 0 Å². The Balaban J connectivity index is 1.65. The largest absolute Gasteiger partial charge is 0.495 e. The number of amides is 1. The highest BCUT2D eigenvalue weighted by Crippen LogP contribution is 2.22. The fourth-order valence-electron chi connectivity index (χ4n) is 2.00. The highest BCUT2D eigenvalue weighted by Gasteiger charge is 2.09. The first-order valence-electron chi connectivity index (χ1n) is 6.64. The number of ether oxygens (including phenoxy) is 1. The summed E-state index contributed by atoms with van der Waals surface area (Å²) in [6.45, 7) is -0.189. The van der Waals surface area contributed by atoms with Gasteiger partial charge in [0.15, 0.2) is 6.61 Å². The molecule has 0 aliphatic heterocycles. The van der Waals surface area contributed by atoms with Crippen LogP contribution in [0.1, 0.15) is 0 Å². The van der Waals surface area contributed by atoms with Gasteiger partial charge in [-0.25, -0.2) is 0 Å². The second-order valence-corrected chi connectivity index (χ2v) is 4.47. The highest BCUT2D eigenvalue weighted by atomic mass is 16.7. The van der Waals surface area contributed by atoms with Crippen molar-refractivity contribution in [1.82, 2.24) is 15.2 Å². The summed E-state index contributed by atoms with van der Waals surface area (Å²) in [5.41, 5.74) is 1.99. The van der Waals surface area contributed by atoms with E-state index in [4.69, 9.17) is 9.57 Å². The number of carbonyl (C=O) groups is 1. The average molecular weight is 298 g/mol. The summed E-state index contributed by atoms with van der Waals surface area (Å²) in [6.07, 6.45) is 0. The molecule has 7 heteroatoms. The predicted molar refractivity (Wildman–Crippen MR) is 80.6 cm³/mol. The fourth-order valence-corrected chi connectivity index (χ4v) is 2.00. The van der Waals surface area contributed by atoms with Gasteiger partial charge >= 0.3 is 0 Å². The van der Waals surface area contributed by atoms with Crippen molar-refractivity contribution < 1.29 is 14.4 Å². The fraction of sp³-hybridized carbons (Fsp3) is 0.133. The molecule has 112 valence electrons. The van der Waals surface area contributed by atoms with E-state index in [1.807, 2.05) is 36.4 Å². The van der Waals surface area contributed by atoms with E-state index in [1.54, 1.807) is 19.2 Å². The van der Waals surface area contributed by atoms with Gasteiger partial charge in [0.2, 0.25) is 0 Å². The topological polar surface area (TPSA) is 78.3 Å². The molecular weight excluding hydrogens is 284 g/mol. The maximum atomic E-state index is 12.0. The molecule has 0 spiro atoms. The summed E-state index contributed by atoms with van der Waals surface area (Å²) >= 11 is 0. The minimum absolute atomic E-state index is 0.189. The molecule has 0 saturated carbocycles. The van der Waals surface area contributed by atoms with E-state index >= 15 is 0 Å². The molecule has 1 heterocycles. The molecular formula is C15H14N4O3. The van der Waals surface area contributed by atoms with E-state index in [1.165, 1.54) is 4.85 Å². The van der Waals surface area contributed by atoms with Crippen LogP contribution in [0.2, 0.25) is 0 Å². The molecule has 1 amide bonds. The van der Waals surface area contributed by atoms with Gasteiger partial charge in [0, 0.05) is 0 Å². The van der Waals surface area contributed by atoms with Gasteiger partial charge in [0.1, 0.15) is 16.8 Å². The lowest BCUT2D eigenvalue weighted by atomic mass is 10.3. The number of fused-ring (bicyclic) bond motifs is 1. The Morgan fingerprint density at radius 3 is 2.82 bits per heavy atom. The van der Waals surface area contributed by atoms with Crippen LogP contribution in [-0.2, 0) is 4.79 Å². The SMILES string of the molecule is COc1ccccc1NC(=O)COn1nnc2ccccc21. The number of nitrogens with one attached hydrogen (secondary N) is 1. The lowest BCUT2D eigenvalue weighted by molar-refractivity contribution is -0.121. The molecule has 0 atom stereocenters. The molecule has 0 aliphatic carbocycles. The zero-order valence-corrected chi connectivity index (χ0v) is 11.9. The van der Waals surface area contributed by atoms with Crippen LogP contribution in [-0.4, -0.2) is 34.8 Å². The van der Waals surface area contributed by atoms with Crippen LogP contribution < -0.4 is 14.9 Å². The van der Waals surface area contributed by atoms with Gasteiger partial charge in [-0.2, -0.15) is 0 Å². The van der Waals surface area contributed by atoms with Gasteiger partial charge in [-0.3, -0.25) is 4.79 Å². The zero-order valence-electron chi connectivity index (χ0n) is 11.9. The van der Waals surface area contributed by atoms with Crippen LogP contribution in [0.3, 0.4) is 0 Å². The molecule has 2 aromatic carbocycles. The molecule has 1 N–H and O–H groups in total. The van der Waals surface area contributed by atoms with Gasteiger partial charge in [0.25, 0.3) is 5.91 Å². The standard InChI is InChI=1S/C15H14N4O3/c1-21-14-9-5-3-7-12(14)16-15(20)10-22-19-13-8-4-2-6-11(13)17-18-19/h2-9H,10H2,1H3,(H,16,20). The van der Waals surface area contributed by atoms with Crippen molar-refractivity contribution in [1.29, 1.82) is 0 Å². The number of hydrogen-bond acceptors (Lipinski definition) is 5. The smallest absolute Gasteiger partial charge is 0.265 e. The summed E-state index contributed by atoms with van der Waals surface area (Å²) in [5, 5.41) is 10.5. The number of benzene rings is 2. The zero-order chi connectivity index (χ0) is 15.4. The first-order chi connectivity index (χ1) is 10.8. The Bertz CT molecular complexity index is 800. The first kappa shape index (κ1) is 13.9. The van der Waals surface area contributed by atoms with Crippen molar-refractivity contribution in [2.45, 2.75) is 0 Å². The van der Waals surface area contributed by atoms with Gasteiger partial charge < -0.3 is 14.9 Å². The second kappa shape index (κ2) is 6.13. The Morgan fingerprint density at radius 1 is 1.18 bits per heavy atom. The molecule has 0 fully saturated rings. The molecule has 0 bridgehead atoms. The number of carbonyl (C=O) groups excluding carboxylic acids is 1. The second-order valence-electron chi connectivity index (χ2n) is 4.47. The molecule has 0 aliphatic rings. The molecule has 0 radical (unpaired) electrons. The normalized spacial score (nSPS) is 10.4. The van der Waals surface area contributed by atoms with E-state index in [0.29, 0.717) is 22.5 Å². The number of methoxy groups -OCH3 is 1. The number of aromatic nitrogens is 3. The first-order valence-corrected chi connectivity index (χ1v) is 6.64. The van der Waals surface area contributed by atoms with Gasteiger partial charge in [0.05, 0.1) is 12.8 Å². The number of anilines is 1. The van der Waals surface area contributed by atoms with Crippen molar-refractivity contribution in [3.05, 3.63) is 48.5 Å². The van der Waals surface area contributed by atoms with Crippen LogP contribution in [0.4, 0.5) is 5.69 Å². The lowest BCUT2D eigenvalue weighted by Gasteiger charge is -2.10. The maximum Gasteiger partial charge on any atom is 0.265 e. The molecule has 0 saturated heterocycles. The van der Waals surface area contributed by atoms with E-state index in [2.05, 4.69) is 15.6 Å². The monoisotopic (exact) mass is 298 g/mol. The van der Waals surface area contributed by atoms with Gasteiger partial charge in [-0.05, 0) is 29.5 Å². The Kier molecular flexibility index (Phi) is 3.86. The molecule has 3 rings (SSSR count). The van der Waals surface area contributed by atoms with Crippen molar-refractivity contribution in [2.75, 3.05) is 19.0 Å². The average Bonchev–Trinajstić information content (AvgIpc) is 2.97. The summed E-state index contributed by atoms with van der Waals surface area (Å²) < 4.78 is 5.17. The van der Waals surface area contributed by atoms with Gasteiger partial charge in [-0.15, -0.1) is 5.10 Å². The summed E-state index contributed by atoms with van der Waals surface area (Å²) in [6, 6.07) is 14.5. The van der Waals surface area contributed by atoms with Crippen LogP contribution >= 0.6 is 0 Å². The van der Waals surface area contributed by atoms with Crippen molar-refractivity contribution >= 4 is 22.6 Å². The molecule has 0 unspecified atom stereocenters. The van der Waals surface area contributed by atoms with Gasteiger partial charge in [-0.1, -0.05) is 29.1 Å². The minimum atomic E-state index is -0.316. The van der Waals surface area contributed by atoms with Crippen LogP contribution in [0, 0.1) is 0 Å². The summed E-state index contributed by atoms with van der Waals surface area (Å²) in [5.74, 6) is 0.270. The van der Waals surface area contributed by atoms with Crippen molar-refractivity contribution in [3.8, 4) is 5.75 Å². The van der Waals surface area contributed by atoms with Crippen LogP contribution in [0.5, 0.6) is 5.75 Å². The quantitative estimate of drug-likeness (QED) is 0.772. The number of nitrogens with zero attached hydrogens (tertiary/aromatic N) is 3. The summed E-state index contributed by atoms with van der Waals surface area (Å²) in [4.78, 5) is 18.5. The molecule has 22 heavy (non-hydrogen) atoms. The van der Waals surface area contributed by atoms with Crippen LogP contribution in [0.25, 0.3) is 11.0 Å². The number of para-hydroxylation sites is 3. The van der Waals surface area contributed by atoms with Crippen molar-refractivity contribution in [3.63, 3.8) is 0 Å². The number of hydrogen-bond donors (Lipinski definition) is 1. The van der Waals surface area contributed by atoms with Crippen LogP contribution in [0.15, 0.2) is 48.5 Å². The van der Waals surface area contributed by atoms with E-state index < -0.39 is 0 Å². The maximum absolute atomic E-state index is 12.0. The van der Waals surface area contributed by atoms with E-state index in [0.717, 1.165) is 0 Å². The third-order valence-electron chi connectivity index (χ3n) is 3.02. The predicted octanol–water partition coefficient (Wildman–Crippen LogP) is 1.51. The highest BCUT2D eigenvalue weighted by molar-refractivity contribution is 5.93. The minimum Gasteiger partial charge on any atom is -0.495 e. The Morgan fingerprint density at radius 2 is 1.95 bits per heavy atom. The Labute approximate surface area is 126 Å². The molecule has 7 nitrogen and oxygen atoms in total. The lowest BCUT2D eigenvalue weighted by Crippen LogP contribution is -2.26. The molecule has 1 aromatic heterocycles. The summed E-state index contributed by atoms with van der Waals surface area (Å²) in [7, 11) is 1.54. The number of rotatable bonds is 5. The van der Waals surface area contributed by atoms with E-state index in [-0.39, 0.29) is 12.5 Å².